The minimum Gasteiger partial charge on any atom is -0.478 e. The minimum absolute atomic E-state index is 0.0198. The summed E-state index contributed by atoms with van der Waals surface area (Å²) >= 11 is 0. The van der Waals surface area contributed by atoms with E-state index in [2.05, 4.69) is 16.2 Å². The molecule has 1 amide bonds. The van der Waals surface area contributed by atoms with Crippen LogP contribution < -0.4 is 5.73 Å². The van der Waals surface area contributed by atoms with Gasteiger partial charge in [-0.05, 0) is 17.7 Å². The van der Waals surface area contributed by atoms with E-state index < -0.39 is 11.9 Å². The molecular formula is C17H11N5O3. The second kappa shape index (κ2) is 6.25. The molecule has 0 fully saturated rings. The lowest BCUT2D eigenvalue weighted by Crippen LogP contribution is -2.10. The number of hydrogen-bond donors (Lipinski definition) is 2. The van der Waals surface area contributed by atoms with Crippen LogP contribution in [0.15, 0.2) is 48.9 Å². The molecule has 3 rings (SSSR count). The van der Waals surface area contributed by atoms with Gasteiger partial charge in [-0.2, -0.15) is 10.4 Å². The van der Waals surface area contributed by atoms with Crippen LogP contribution in [0.25, 0.3) is 16.9 Å². The SMILES string of the molecule is N#Cc1cc(-n2cc(C(=O)O)cn2)ncc1-c1ccc(C(N)=O)cc1. The Labute approximate surface area is 141 Å². The van der Waals surface area contributed by atoms with E-state index in [1.165, 1.54) is 29.3 Å². The summed E-state index contributed by atoms with van der Waals surface area (Å²) in [5, 5.41) is 22.3. The molecule has 0 bridgehead atoms. The van der Waals surface area contributed by atoms with Crippen molar-refractivity contribution < 1.29 is 14.7 Å². The molecule has 3 aromatic rings. The maximum Gasteiger partial charge on any atom is 0.338 e. The van der Waals surface area contributed by atoms with Crippen molar-refractivity contribution in [3.05, 3.63) is 65.6 Å². The van der Waals surface area contributed by atoms with Crippen molar-refractivity contribution >= 4 is 11.9 Å². The first-order valence-corrected chi connectivity index (χ1v) is 7.08. The number of primary amides is 1. The number of carbonyl (C=O) groups excluding carboxylic acids is 1. The number of nitrogens with zero attached hydrogens (tertiary/aromatic N) is 4. The van der Waals surface area contributed by atoms with Crippen molar-refractivity contribution in [3.63, 3.8) is 0 Å². The fourth-order valence-electron chi connectivity index (χ4n) is 2.26. The van der Waals surface area contributed by atoms with Gasteiger partial charge in [0.15, 0.2) is 5.82 Å². The van der Waals surface area contributed by atoms with Gasteiger partial charge in [-0.15, -0.1) is 0 Å². The zero-order valence-corrected chi connectivity index (χ0v) is 12.7. The van der Waals surface area contributed by atoms with Crippen LogP contribution in [0.3, 0.4) is 0 Å². The Bertz CT molecular complexity index is 1020. The first-order chi connectivity index (χ1) is 12.0. The van der Waals surface area contributed by atoms with E-state index in [1.54, 1.807) is 24.3 Å². The molecule has 0 aliphatic rings. The Hall–Kier alpha value is -3.99. The first-order valence-electron chi connectivity index (χ1n) is 7.08. The Morgan fingerprint density at radius 1 is 1.16 bits per heavy atom. The minimum atomic E-state index is -1.10. The maximum atomic E-state index is 11.1. The van der Waals surface area contributed by atoms with Crippen molar-refractivity contribution in [1.29, 1.82) is 5.26 Å². The van der Waals surface area contributed by atoms with Crippen LogP contribution in [-0.4, -0.2) is 31.7 Å². The van der Waals surface area contributed by atoms with E-state index in [0.29, 0.717) is 28.1 Å². The van der Waals surface area contributed by atoms with Gasteiger partial charge in [0, 0.05) is 29.6 Å². The van der Waals surface area contributed by atoms with Crippen molar-refractivity contribution in [2.75, 3.05) is 0 Å². The first kappa shape index (κ1) is 15.9. The summed E-state index contributed by atoms with van der Waals surface area (Å²) in [4.78, 5) is 26.3. The molecule has 0 aliphatic carbocycles. The number of nitriles is 1. The number of amides is 1. The molecule has 2 aromatic heterocycles. The Kier molecular flexibility index (Phi) is 3.97. The zero-order valence-electron chi connectivity index (χ0n) is 12.7. The molecule has 3 N–H and O–H groups in total. The van der Waals surface area contributed by atoms with E-state index in [1.807, 2.05) is 0 Å². The number of aromatic carboxylic acids is 1. The Balaban J connectivity index is 2.01. The predicted molar refractivity (Wildman–Crippen MR) is 87.0 cm³/mol. The molecule has 0 spiro atoms. The smallest absolute Gasteiger partial charge is 0.338 e. The molecule has 0 unspecified atom stereocenters. The predicted octanol–water partition coefficient (Wildman–Crippen LogP) is 1.60. The highest BCUT2D eigenvalue weighted by atomic mass is 16.4. The number of carboxylic acids is 1. The van der Waals surface area contributed by atoms with E-state index >= 15 is 0 Å². The normalized spacial score (nSPS) is 10.2. The average molecular weight is 333 g/mol. The Morgan fingerprint density at radius 2 is 1.88 bits per heavy atom. The highest BCUT2D eigenvalue weighted by Crippen LogP contribution is 2.24. The van der Waals surface area contributed by atoms with Crippen LogP contribution >= 0.6 is 0 Å². The molecule has 8 nitrogen and oxygen atoms in total. The summed E-state index contributed by atoms with van der Waals surface area (Å²) in [6, 6.07) is 10.1. The van der Waals surface area contributed by atoms with Gasteiger partial charge in [0.2, 0.25) is 5.91 Å². The van der Waals surface area contributed by atoms with Crippen molar-refractivity contribution in [1.82, 2.24) is 14.8 Å². The van der Waals surface area contributed by atoms with Gasteiger partial charge in [-0.25, -0.2) is 14.5 Å². The topological polar surface area (TPSA) is 135 Å². The second-order valence-corrected chi connectivity index (χ2v) is 5.12. The van der Waals surface area contributed by atoms with Crippen LogP contribution in [0.4, 0.5) is 0 Å². The molecule has 0 saturated carbocycles. The lowest BCUT2D eigenvalue weighted by molar-refractivity contribution is 0.0696. The molecular weight excluding hydrogens is 322 g/mol. The number of carbonyl (C=O) groups is 2. The van der Waals surface area contributed by atoms with Crippen LogP contribution in [0.5, 0.6) is 0 Å². The highest BCUT2D eigenvalue weighted by molar-refractivity contribution is 5.93. The maximum absolute atomic E-state index is 11.1. The molecule has 0 atom stereocenters. The van der Waals surface area contributed by atoms with Crippen molar-refractivity contribution in [2.24, 2.45) is 5.73 Å². The summed E-state index contributed by atoms with van der Waals surface area (Å²) in [6.07, 6.45) is 4.01. The van der Waals surface area contributed by atoms with E-state index in [9.17, 15) is 14.9 Å². The number of nitrogens with two attached hydrogens (primary N) is 1. The number of carboxylic acid groups (broad SMARTS) is 1. The second-order valence-electron chi connectivity index (χ2n) is 5.12. The zero-order chi connectivity index (χ0) is 18.0. The summed E-state index contributed by atoms with van der Waals surface area (Å²) in [6.45, 7) is 0. The van der Waals surface area contributed by atoms with Crippen molar-refractivity contribution in [2.45, 2.75) is 0 Å². The number of hydrogen-bond acceptors (Lipinski definition) is 5. The summed E-state index contributed by atoms with van der Waals surface area (Å²) < 4.78 is 1.28. The highest BCUT2D eigenvalue weighted by Gasteiger charge is 2.12. The van der Waals surface area contributed by atoms with Crippen LogP contribution in [0.1, 0.15) is 26.3 Å². The molecule has 25 heavy (non-hydrogen) atoms. The molecule has 0 aliphatic heterocycles. The summed E-state index contributed by atoms with van der Waals surface area (Å²) in [5.74, 6) is -1.31. The number of aromatic nitrogens is 3. The number of rotatable bonds is 4. The van der Waals surface area contributed by atoms with Gasteiger partial charge < -0.3 is 10.8 Å². The van der Waals surface area contributed by atoms with E-state index in [4.69, 9.17) is 10.8 Å². The van der Waals surface area contributed by atoms with E-state index in [-0.39, 0.29) is 5.56 Å². The van der Waals surface area contributed by atoms with Gasteiger partial charge in [0.25, 0.3) is 0 Å². The lowest BCUT2D eigenvalue weighted by atomic mass is 10.0. The third-order valence-electron chi connectivity index (χ3n) is 3.55. The number of pyridine rings is 1. The summed E-state index contributed by atoms with van der Waals surface area (Å²) in [7, 11) is 0. The number of benzene rings is 1. The van der Waals surface area contributed by atoms with Gasteiger partial charge in [-0.3, -0.25) is 4.79 Å². The van der Waals surface area contributed by atoms with Gasteiger partial charge >= 0.3 is 5.97 Å². The quantitative estimate of drug-likeness (QED) is 0.744. The average Bonchev–Trinajstić information content (AvgIpc) is 3.11. The lowest BCUT2D eigenvalue weighted by Gasteiger charge is -2.07. The molecule has 2 heterocycles. The van der Waals surface area contributed by atoms with Crippen LogP contribution in [-0.2, 0) is 0 Å². The molecule has 0 saturated heterocycles. The fourth-order valence-corrected chi connectivity index (χ4v) is 2.26. The molecule has 122 valence electrons. The Morgan fingerprint density at radius 3 is 2.44 bits per heavy atom. The van der Waals surface area contributed by atoms with Gasteiger partial charge in [-0.1, -0.05) is 12.1 Å². The standard InChI is InChI=1S/C17H11N5O3/c18-6-12-5-15(22-9-13(7-21-22)17(24)25)20-8-14(12)10-1-3-11(4-2-10)16(19)23/h1-5,7-9H,(H2,19,23)(H,24,25). The summed E-state index contributed by atoms with van der Waals surface area (Å²) in [5.41, 5.74) is 7.21. The molecule has 8 heteroatoms. The van der Waals surface area contributed by atoms with Gasteiger partial charge in [0.1, 0.15) is 0 Å². The van der Waals surface area contributed by atoms with Crippen LogP contribution in [0.2, 0.25) is 0 Å². The molecule has 1 aromatic carbocycles. The molecule has 0 radical (unpaired) electrons. The fraction of sp³-hybridized carbons (Fsp3) is 0. The largest absolute Gasteiger partial charge is 0.478 e. The third kappa shape index (κ3) is 3.07. The van der Waals surface area contributed by atoms with Crippen LogP contribution in [0, 0.1) is 11.3 Å². The third-order valence-corrected chi connectivity index (χ3v) is 3.55. The monoisotopic (exact) mass is 333 g/mol. The van der Waals surface area contributed by atoms with Crippen molar-refractivity contribution in [3.8, 4) is 23.0 Å². The van der Waals surface area contributed by atoms with E-state index in [0.717, 1.165) is 0 Å². The van der Waals surface area contributed by atoms with Gasteiger partial charge in [0.05, 0.1) is 23.4 Å².